The number of hydrogen-bond donors (Lipinski definition) is 2. The molecule has 0 aliphatic rings. The molecule has 2 N–H and O–H groups in total. The van der Waals surface area contributed by atoms with Crippen molar-refractivity contribution >= 4 is 23.4 Å². The molecule has 0 saturated carbocycles. The standard InChI is InChI=1S/C21H25ClN2O4/c1-15(2)20(24-19(25)14-28-17-8-4-3-5-9-17)21(26)23-11-12-27-18-10-6-7-16(22)13-18/h3-10,13,15,20H,11-12,14H2,1-2H3,(H,23,26)(H,24,25). The first-order chi connectivity index (χ1) is 13.5. The molecule has 2 amide bonds. The Bertz CT molecular complexity index is 768. The number of benzene rings is 2. The van der Waals surface area contributed by atoms with E-state index in [4.69, 9.17) is 21.1 Å². The van der Waals surface area contributed by atoms with Gasteiger partial charge in [0.15, 0.2) is 6.61 Å². The molecule has 0 heterocycles. The lowest BCUT2D eigenvalue weighted by Crippen LogP contribution is -2.51. The maximum Gasteiger partial charge on any atom is 0.258 e. The van der Waals surface area contributed by atoms with Gasteiger partial charge in [0.25, 0.3) is 5.91 Å². The minimum absolute atomic E-state index is 0.0745. The van der Waals surface area contributed by atoms with Gasteiger partial charge in [-0.05, 0) is 36.2 Å². The molecule has 1 atom stereocenters. The Hall–Kier alpha value is -2.73. The molecule has 0 spiro atoms. The van der Waals surface area contributed by atoms with Crippen LogP contribution in [-0.2, 0) is 9.59 Å². The van der Waals surface area contributed by atoms with Crippen LogP contribution in [0.5, 0.6) is 11.5 Å². The Morgan fingerprint density at radius 3 is 2.39 bits per heavy atom. The summed E-state index contributed by atoms with van der Waals surface area (Å²) in [6.07, 6.45) is 0. The summed E-state index contributed by atoms with van der Waals surface area (Å²) in [6, 6.07) is 15.4. The van der Waals surface area contributed by atoms with Gasteiger partial charge in [0.2, 0.25) is 5.91 Å². The van der Waals surface area contributed by atoms with Crippen molar-refractivity contribution in [3.8, 4) is 11.5 Å². The normalized spacial score (nSPS) is 11.6. The third-order valence-electron chi connectivity index (χ3n) is 3.84. The Morgan fingerprint density at radius 2 is 1.71 bits per heavy atom. The average Bonchev–Trinajstić information content (AvgIpc) is 2.68. The first kappa shape index (κ1) is 21.6. The Labute approximate surface area is 170 Å². The summed E-state index contributed by atoms with van der Waals surface area (Å²) in [7, 11) is 0. The summed E-state index contributed by atoms with van der Waals surface area (Å²) < 4.78 is 11.0. The monoisotopic (exact) mass is 404 g/mol. The average molecular weight is 405 g/mol. The fourth-order valence-corrected chi connectivity index (χ4v) is 2.61. The number of amides is 2. The number of ether oxygens (including phenoxy) is 2. The molecule has 0 saturated heterocycles. The van der Waals surface area contributed by atoms with E-state index < -0.39 is 6.04 Å². The molecule has 0 fully saturated rings. The van der Waals surface area contributed by atoms with Crippen LogP contribution in [-0.4, -0.2) is 37.6 Å². The molecule has 2 aromatic carbocycles. The van der Waals surface area contributed by atoms with Gasteiger partial charge in [-0.15, -0.1) is 0 Å². The number of para-hydroxylation sites is 1. The van der Waals surface area contributed by atoms with E-state index in [2.05, 4.69) is 10.6 Å². The quantitative estimate of drug-likeness (QED) is 0.597. The van der Waals surface area contributed by atoms with E-state index >= 15 is 0 Å². The highest BCUT2D eigenvalue weighted by atomic mass is 35.5. The van der Waals surface area contributed by atoms with E-state index in [1.807, 2.05) is 32.0 Å². The molecule has 150 valence electrons. The zero-order valence-electron chi connectivity index (χ0n) is 16.0. The molecule has 1 unspecified atom stereocenters. The van der Waals surface area contributed by atoms with Gasteiger partial charge in [-0.1, -0.05) is 49.7 Å². The molecule has 28 heavy (non-hydrogen) atoms. The fraction of sp³-hybridized carbons (Fsp3) is 0.333. The summed E-state index contributed by atoms with van der Waals surface area (Å²) >= 11 is 5.90. The first-order valence-electron chi connectivity index (χ1n) is 9.09. The minimum Gasteiger partial charge on any atom is -0.492 e. The highest BCUT2D eigenvalue weighted by Gasteiger charge is 2.24. The Balaban J connectivity index is 1.75. The summed E-state index contributed by atoms with van der Waals surface area (Å²) in [4.78, 5) is 24.5. The highest BCUT2D eigenvalue weighted by molar-refractivity contribution is 6.30. The van der Waals surface area contributed by atoms with Crippen molar-refractivity contribution in [1.29, 1.82) is 0 Å². The second kappa shape index (κ2) is 11.2. The van der Waals surface area contributed by atoms with Crippen LogP contribution in [0, 0.1) is 5.92 Å². The summed E-state index contributed by atoms with van der Waals surface area (Å²) in [6.45, 7) is 4.18. The predicted molar refractivity (Wildman–Crippen MR) is 109 cm³/mol. The van der Waals surface area contributed by atoms with Crippen molar-refractivity contribution in [1.82, 2.24) is 10.6 Å². The van der Waals surface area contributed by atoms with Crippen LogP contribution in [0.25, 0.3) is 0 Å². The third-order valence-corrected chi connectivity index (χ3v) is 4.08. The predicted octanol–water partition coefficient (Wildman–Crippen LogP) is 3.05. The molecular weight excluding hydrogens is 380 g/mol. The van der Waals surface area contributed by atoms with Crippen LogP contribution in [0.1, 0.15) is 13.8 Å². The molecule has 7 heteroatoms. The van der Waals surface area contributed by atoms with E-state index in [1.54, 1.807) is 36.4 Å². The minimum atomic E-state index is -0.655. The number of rotatable bonds is 10. The number of halogens is 1. The van der Waals surface area contributed by atoms with Crippen LogP contribution < -0.4 is 20.1 Å². The van der Waals surface area contributed by atoms with Gasteiger partial charge < -0.3 is 20.1 Å². The summed E-state index contributed by atoms with van der Waals surface area (Å²) in [5.74, 6) is 0.537. The van der Waals surface area contributed by atoms with E-state index in [0.717, 1.165) is 0 Å². The van der Waals surface area contributed by atoms with Gasteiger partial charge >= 0.3 is 0 Å². The number of hydrogen-bond acceptors (Lipinski definition) is 4. The van der Waals surface area contributed by atoms with Gasteiger partial charge in [0.05, 0.1) is 6.54 Å². The molecule has 6 nitrogen and oxygen atoms in total. The van der Waals surface area contributed by atoms with Crippen LogP contribution in [0.15, 0.2) is 54.6 Å². The highest BCUT2D eigenvalue weighted by Crippen LogP contribution is 2.16. The van der Waals surface area contributed by atoms with Crippen LogP contribution in [0.3, 0.4) is 0 Å². The van der Waals surface area contributed by atoms with Crippen LogP contribution in [0.4, 0.5) is 0 Å². The van der Waals surface area contributed by atoms with Crippen molar-refractivity contribution in [3.63, 3.8) is 0 Å². The van der Waals surface area contributed by atoms with E-state index in [0.29, 0.717) is 29.7 Å². The zero-order chi connectivity index (χ0) is 20.4. The van der Waals surface area contributed by atoms with E-state index in [9.17, 15) is 9.59 Å². The van der Waals surface area contributed by atoms with Crippen molar-refractivity contribution in [2.75, 3.05) is 19.8 Å². The molecule has 0 aromatic heterocycles. The van der Waals surface area contributed by atoms with Gasteiger partial charge in [-0.25, -0.2) is 0 Å². The van der Waals surface area contributed by atoms with Crippen molar-refractivity contribution < 1.29 is 19.1 Å². The van der Waals surface area contributed by atoms with Gasteiger partial charge in [-0.2, -0.15) is 0 Å². The van der Waals surface area contributed by atoms with Crippen LogP contribution >= 0.6 is 11.6 Å². The van der Waals surface area contributed by atoms with Gasteiger partial charge in [-0.3, -0.25) is 9.59 Å². The molecule has 2 aromatic rings. The molecular formula is C21H25ClN2O4. The zero-order valence-corrected chi connectivity index (χ0v) is 16.7. The number of nitrogens with one attached hydrogen (secondary N) is 2. The molecule has 2 rings (SSSR count). The lowest BCUT2D eigenvalue weighted by Gasteiger charge is -2.22. The smallest absolute Gasteiger partial charge is 0.258 e. The van der Waals surface area contributed by atoms with Gasteiger partial charge in [0.1, 0.15) is 24.1 Å². The maximum atomic E-state index is 12.4. The molecule has 0 bridgehead atoms. The molecule has 0 radical (unpaired) electrons. The van der Waals surface area contributed by atoms with Gasteiger partial charge in [0, 0.05) is 5.02 Å². The molecule has 0 aliphatic heterocycles. The van der Waals surface area contributed by atoms with Crippen molar-refractivity contribution in [2.45, 2.75) is 19.9 Å². The number of carbonyl (C=O) groups is 2. The summed E-state index contributed by atoms with van der Waals surface area (Å²) in [5, 5.41) is 6.08. The number of carbonyl (C=O) groups excluding carboxylic acids is 2. The second-order valence-corrected chi connectivity index (χ2v) is 6.92. The SMILES string of the molecule is CC(C)C(NC(=O)COc1ccccc1)C(=O)NCCOc1cccc(Cl)c1. The van der Waals surface area contributed by atoms with Crippen molar-refractivity contribution in [3.05, 3.63) is 59.6 Å². The maximum absolute atomic E-state index is 12.4. The third kappa shape index (κ3) is 7.48. The lowest BCUT2D eigenvalue weighted by molar-refractivity contribution is -0.131. The fourth-order valence-electron chi connectivity index (χ4n) is 2.43. The Morgan fingerprint density at radius 1 is 1.00 bits per heavy atom. The van der Waals surface area contributed by atoms with Crippen molar-refractivity contribution in [2.24, 2.45) is 5.92 Å². The lowest BCUT2D eigenvalue weighted by atomic mass is 10.0. The first-order valence-corrected chi connectivity index (χ1v) is 9.47. The van der Waals surface area contributed by atoms with Crippen LogP contribution in [0.2, 0.25) is 5.02 Å². The largest absolute Gasteiger partial charge is 0.492 e. The topological polar surface area (TPSA) is 76.7 Å². The van der Waals surface area contributed by atoms with E-state index in [-0.39, 0.29) is 24.3 Å². The Kier molecular flexibility index (Phi) is 8.62. The molecule has 0 aliphatic carbocycles. The van der Waals surface area contributed by atoms with E-state index in [1.165, 1.54) is 0 Å². The summed E-state index contributed by atoms with van der Waals surface area (Å²) in [5.41, 5.74) is 0. The second-order valence-electron chi connectivity index (χ2n) is 6.49.